The highest BCUT2D eigenvalue weighted by molar-refractivity contribution is 5.99. The minimum Gasteiger partial charge on any atom is -0.451 e. The number of nitrogens with zero attached hydrogens (tertiary/aromatic N) is 2. The van der Waals surface area contributed by atoms with E-state index < -0.39 is 11.8 Å². The summed E-state index contributed by atoms with van der Waals surface area (Å²) < 4.78 is 6.96. The third-order valence-corrected chi connectivity index (χ3v) is 4.42. The molecule has 0 aliphatic heterocycles. The van der Waals surface area contributed by atoms with Crippen LogP contribution in [0.1, 0.15) is 16.1 Å². The first-order valence-corrected chi connectivity index (χ1v) is 8.57. The summed E-state index contributed by atoms with van der Waals surface area (Å²) >= 11 is 0. The Labute approximate surface area is 158 Å². The number of para-hydroxylation sites is 2. The molecule has 0 spiro atoms. The van der Waals surface area contributed by atoms with Crippen molar-refractivity contribution >= 4 is 33.7 Å². The van der Waals surface area contributed by atoms with E-state index in [2.05, 4.69) is 16.0 Å². The molecule has 2 aromatic carbocycles. The van der Waals surface area contributed by atoms with Crippen molar-refractivity contribution in [2.45, 2.75) is 13.5 Å². The summed E-state index contributed by atoms with van der Waals surface area (Å²) in [7, 11) is 0. The van der Waals surface area contributed by atoms with E-state index in [1.807, 2.05) is 18.2 Å². The van der Waals surface area contributed by atoms with Crippen LogP contribution < -0.4 is 16.3 Å². The lowest BCUT2D eigenvalue weighted by Gasteiger charge is -2.10. The number of amides is 2. The van der Waals surface area contributed by atoms with Crippen LogP contribution in [0.3, 0.4) is 0 Å². The van der Waals surface area contributed by atoms with Crippen molar-refractivity contribution in [1.82, 2.24) is 20.6 Å². The lowest BCUT2D eigenvalue weighted by molar-refractivity contribution is -0.122. The Balaban J connectivity index is 1.47. The highest BCUT2D eigenvalue weighted by Gasteiger charge is 2.18. The summed E-state index contributed by atoms with van der Waals surface area (Å²) in [6.07, 6.45) is 1.16. The fraction of sp³-hybridized carbons (Fsp3) is 0.100. The summed E-state index contributed by atoms with van der Waals surface area (Å²) in [5.41, 5.74) is 6.29. The molecule has 0 aliphatic rings. The summed E-state index contributed by atoms with van der Waals surface area (Å²) in [5, 5.41) is 5.29. The summed E-state index contributed by atoms with van der Waals surface area (Å²) in [6, 6.07) is 14.2. The summed E-state index contributed by atoms with van der Waals surface area (Å²) in [4.78, 5) is 36.5. The van der Waals surface area contributed by atoms with E-state index in [1.54, 1.807) is 37.3 Å². The lowest BCUT2D eigenvalue weighted by atomic mass is 10.1. The number of benzene rings is 2. The number of hydrazine groups is 1. The van der Waals surface area contributed by atoms with Crippen LogP contribution in [0, 0.1) is 6.92 Å². The molecule has 0 fully saturated rings. The lowest BCUT2D eigenvalue weighted by Crippen LogP contribution is -2.43. The third kappa shape index (κ3) is 3.11. The highest BCUT2D eigenvalue weighted by Crippen LogP contribution is 2.24. The van der Waals surface area contributed by atoms with E-state index in [-0.39, 0.29) is 17.7 Å². The number of carbonyl (C=O) groups excluding carboxylic acids is 2. The Kier molecular flexibility index (Phi) is 4.36. The first-order chi connectivity index (χ1) is 13.5. The monoisotopic (exact) mass is 376 g/mol. The van der Waals surface area contributed by atoms with Crippen LogP contribution in [0.2, 0.25) is 0 Å². The van der Waals surface area contributed by atoms with E-state index in [9.17, 15) is 14.4 Å². The SMILES string of the molecule is Cc1c(C(=O)NNC(=O)Cn2ncc(=O)c3ccccc32)oc2ccccc12. The van der Waals surface area contributed by atoms with Gasteiger partial charge in [0.05, 0.1) is 11.7 Å². The molecule has 8 heteroatoms. The molecule has 2 aromatic heterocycles. The van der Waals surface area contributed by atoms with Crippen LogP contribution >= 0.6 is 0 Å². The molecule has 0 saturated carbocycles. The zero-order valence-electron chi connectivity index (χ0n) is 14.9. The third-order valence-electron chi connectivity index (χ3n) is 4.42. The Morgan fingerprint density at radius 1 is 1.04 bits per heavy atom. The van der Waals surface area contributed by atoms with Crippen molar-refractivity contribution in [3.05, 3.63) is 76.3 Å². The molecule has 0 bridgehead atoms. The first-order valence-electron chi connectivity index (χ1n) is 8.57. The molecule has 4 rings (SSSR count). The highest BCUT2D eigenvalue weighted by atomic mass is 16.3. The summed E-state index contributed by atoms with van der Waals surface area (Å²) in [5.74, 6) is -0.920. The van der Waals surface area contributed by atoms with Gasteiger partial charge in [-0.3, -0.25) is 29.9 Å². The number of hydrogen-bond donors (Lipinski definition) is 2. The maximum atomic E-state index is 12.4. The number of aromatic nitrogens is 2. The molecule has 0 unspecified atom stereocenters. The summed E-state index contributed by atoms with van der Waals surface area (Å²) in [6.45, 7) is 1.61. The Bertz CT molecular complexity index is 1270. The van der Waals surface area contributed by atoms with Crippen molar-refractivity contribution in [2.75, 3.05) is 0 Å². The maximum absolute atomic E-state index is 12.4. The quantitative estimate of drug-likeness (QED) is 0.531. The van der Waals surface area contributed by atoms with Crippen LogP contribution in [-0.4, -0.2) is 21.6 Å². The first kappa shape index (κ1) is 17.5. The number of aryl methyl sites for hydroxylation is 1. The average molecular weight is 376 g/mol. The van der Waals surface area contributed by atoms with Gasteiger partial charge in [0.1, 0.15) is 12.1 Å². The topological polar surface area (TPSA) is 106 Å². The second kappa shape index (κ2) is 6.99. The molecule has 28 heavy (non-hydrogen) atoms. The number of hydrogen-bond acceptors (Lipinski definition) is 5. The van der Waals surface area contributed by atoms with E-state index in [0.717, 1.165) is 11.6 Å². The van der Waals surface area contributed by atoms with Gasteiger partial charge in [0, 0.05) is 16.3 Å². The van der Waals surface area contributed by atoms with E-state index in [0.29, 0.717) is 22.0 Å². The van der Waals surface area contributed by atoms with Gasteiger partial charge < -0.3 is 4.42 Å². The van der Waals surface area contributed by atoms with E-state index in [4.69, 9.17) is 4.42 Å². The second-order valence-electron chi connectivity index (χ2n) is 6.24. The Morgan fingerprint density at radius 3 is 2.54 bits per heavy atom. The smallest absolute Gasteiger partial charge is 0.305 e. The maximum Gasteiger partial charge on any atom is 0.305 e. The van der Waals surface area contributed by atoms with E-state index in [1.165, 1.54) is 4.68 Å². The van der Waals surface area contributed by atoms with Gasteiger partial charge in [-0.15, -0.1) is 0 Å². The molecule has 4 aromatic rings. The minimum absolute atomic E-state index is 0.133. The van der Waals surface area contributed by atoms with Crippen LogP contribution in [0.4, 0.5) is 0 Å². The van der Waals surface area contributed by atoms with Crippen molar-refractivity contribution < 1.29 is 14.0 Å². The van der Waals surface area contributed by atoms with E-state index >= 15 is 0 Å². The minimum atomic E-state index is -0.556. The fourth-order valence-electron chi connectivity index (χ4n) is 3.04. The molecule has 0 radical (unpaired) electrons. The van der Waals surface area contributed by atoms with Gasteiger partial charge in [-0.1, -0.05) is 30.3 Å². The predicted molar refractivity (Wildman–Crippen MR) is 103 cm³/mol. The van der Waals surface area contributed by atoms with Crippen LogP contribution in [0.5, 0.6) is 0 Å². The number of carbonyl (C=O) groups is 2. The van der Waals surface area contributed by atoms with Gasteiger partial charge >= 0.3 is 5.91 Å². The van der Waals surface area contributed by atoms with Gasteiger partial charge in [0.15, 0.2) is 5.76 Å². The average Bonchev–Trinajstić information content (AvgIpc) is 3.05. The molecule has 0 atom stereocenters. The molecule has 2 heterocycles. The van der Waals surface area contributed by atoms with Gasteiger partial charge in [0.25, 0.3) is 5.91 Å². The van der Waals surface area contributed by atoms with Crippen molar-refractivity contribution in [2.24, 2.45) is 0 Å². The van der Waals surface area contributed by atoms with Crippen molar-refractivity contribution in [3.8, 4) is 0 Å². The standard InChI is InChI=1S/C20H16N4O4/c1-12-13-6-3-5-9-17(13)28-19(12)20(27)23-22-18(26)11-24-15-8-4-2-7-14(15)16(25)10-21-24/h2-10H,11H2,1H3,(H,22,26)(H,23,27). The molecule has 8 nitrogen and oxygen atoms in total. The Hall–Kier alpha value is -3.94. The second-order valence-corrected chi connectivity index (χ2v) is 6.24. The van der Waals surface area contributed by atoms with Crippen LogP contribution in [-0.2, 0) is 11.3 Å². The molecule has 140 valence electrons. The molecule has 2 N–H and O–H groups in total. The number of rotatable bonds is 3. The molecule has 0 saturated heterocycles. The fourth-order valence-corrected chi connectivity index (χ4v) is 3.04. The Morgan fingerprint density at radius 2 is 1.75 bits per heavy atom. The largest absolute Gasteiger partial charge is 0.451 e. The zero-order valence-corrected chi connectivity index (χ0v) is 14.9. The number of furan rings is 1. The number of nitrogens with one attached hydrogen (secondary N) is 2. The van der Waals surface area contributed by atoms with Gasteiger partial charge in [-0.2, -0.15) is 5.10 Å². The van der Waals surface area contributed by atoms with Crippen molar-refractivity contribution in [1.29, 1.82) is 0 Å². The molecular weight excluding hydrogens is 360 g/mol. The van der Waals surface area contributed by atoms with Crippen LogP contribution in [0.25, 0.3) is 21.9 Å². The normalized spacial score (nSPS) is 10.9. The molecule has 0 aliphatic carbocycles. The van der Waals surface area contributed by atoms with Gasteiger partial charge in [0.2, 0.25) is 5.43 Å². The molecule has 2 amide bonds. The molecular formula is C20H16N4O4. The van der Waals surface area contributed by atoms with Crippen molar-refractivity contribution in [3.63, 3.8) is 0 Å². The zero-order chi connectivity index (χ0) is 19.7. The predicted octanol–water partition coefficient (Wildman–Crippen LogP) is 1.91. The van der Waals surface area contributed by atoms with Gasteiger partial charge in [-0.25, -0.2) is 0 Å². The van der Waals surface area contributed by atoms with Gasteiger partial charge in [-0.05, 0) is 25.1 Å². The number of fused-ring (bicyclic) bond motifs is 2. The van der Waals surface area contributed by atoms with Crippen LogP contribution in [0.15, 0.2) is 63.9 Å².